The fraction of sp³-hybridized carbons (Fsp3) is 0.364. The van der Waals surface area contributed by atoms with E-state index in [0.29, 0.717) is 18.7 Å². The molecular formula is C11H17N3O4S. The number of benzene rings is 1. The second-order valence-electron chi connectivity index (χ2n) is 3.77. The molecule has 1 aromatic rings. The maximum Gasteiger partial charge on any atom is 0.328 e. The number of carbonyl (C=O) groups is 1. The van der Waals surface area contributed by atoms with Gasteiger partial charge < -0.3 is 15.8 Å². The Hall–Kier alpha value is -1.96. The first-order valence-corrected chi connectivity index (χ1v) is 7.13. The molecule has 7 nitrogen and oxygen atoms in total. The second kappa shape index (κ2) is 6.28. The number of nitrogens with two attached hydrogens (primary N) is 1. The molecule has 0 fully saturated rings. The molecule has 0 aliphatic rings. The number of rotatable bonds is 5. The van der Waals surface area contributed by atoms with Crippen molar-refractivity contribution in [2.45, 2.75) is 18.2 Å². The van der Waals surface area contributed by atoms with Crippen molar-refractivity contribution in [1.82, 2.24) is 10.0 Å². The van der Waals surface area contributed by atoms with Gasteiger partial charge in [-0.1, -0.05) is 6.92 Å². The SMILES string of the molecule is CCCNC(=O)NS(=O)(=O)c1ccc(N)cc1OC. The van der Waals surface area contributed by atoms with Crippen LogP contribution in [0.25, 0.3) is 0 Å². The van der Waals surface area contributed by atoms with E-state index < -0.39 is 16.1 Å². The van der Waals surface area contributed by atoms with Crippen molar-refractivity contribution >= 4 is 21.7 Å². The van der Waals surface area contributed by atoms with Crippen molar-refractivity contribution in [3.63, 3.8) is 0 Å². The molecule has 8 heteroatoms. The number of nitrogen functional groups attached to an aromatic ring is 1. The van der Waals surface area contributed by atoms with Gasteiger partial charge in [0, 0.05) is 18.3 Å². The smallest absolute Gasteiger partial charge is 0.328 e. The molecule has 19 heavy (non-hydrogen) atoms. The van der Waals surface area contributed by atoms with E-state index in [1.807, 2.05) is 11.6 Å². The molecule has 4 N–H and O–H groups in total. The first kappa shape index (κ1) is 15.1. The van der Waals surface area contributed by atoms with Crippen LogP contribution in [-0.4, -0.2) is 28.1 Å². The van der Waals surface area contributed by atoms with Gasteiger partial charge >= 0.3 is 6.03 Å². The Kier molecular flexibility index (Phi) is 4.99. The monoisotopic (exact) mass is 287 g/mol. The van der Waals surface area contributed by atoms with Crippen molar-refractivity contribution in [2.24, 2.45) is 0 Å². The molecule has 0 aliphatic carbocycles. The number of ether oxygens (including phenoxy) is 1. The van der Waals surface area contributed by atoms with Gasteiger partial charge in [0.1, 0.15) is 10.6 Å². The molecule has 1 rings (SSSR count). The molecule has 0 saturated carbocycles. The number of anilines is 1. The molecule has 0 heterocycles. The second-order valence-corrected chi connectivity index (χ2v) is 5.42. The molecule has 0 aromatic heterocycles. The van der Waals surface area contributed by atoms with E-state index in [-0.39, 0.29) is 10.6 Å². The summed E-state index contributed by atoms with van der Waals surface area (Å²) >= 11 is 0. The first-order valence-electron chi connectivity index (χ1n) is 5.65. The largest absolute Gasteiger partial charge is 0.495 e. The molecule has 1 aromatic carbocycles. The molecule has 0 spiro atoms. The number of urea groups is 1. The number of sulfonamides is 1. The lowest BCUT2D eigenvalue weighted by molar-refractivity contribution is 0.246. The summed E-state index contributed by atoms with van der Waals surface area (Å²) in [5.74, 6) is 0.0794. The Morgan fingerprint density at radius 2 is 2.11 bits per heavy atom. The third-order valence-electron chi connectivity index (χ3n) is 2.24. The number of amides is 2. The van der Waals surface area contributed by atoms with E-state index in [4.69, 9.17) is 10.5 Å². The van der Waals surface area contributed by atoms with E-state index in [1.165, 1.54) is 25.3 Å². The van der Waals surface area contributed by atoms with Crippen LogP contribution >= 0.6 is 0 Å². The van der Waals surface area contributed by atoms with Gasteiger partial charge in [0.15, 0.2) is 0 Å². The van der Waals surface area contributed by atoms with E-state index in [2.05, 4.69) is 5.32 Å². The fourth-order valence-electron chi connectivity index (χ4n) is 1.36. The quantitative estimate of drug-likeness (QED) is 0.689. The highest BCUT2D eigenvalue weighted by molar-refractivity contribution is 7.90. The number of hydrogen-bond acceptors (Lipinski definition) is 5. The average molecular weight is 287 g/mol. The minimum absolute atomic E-state index is 0.0794. The third-order valence-corrected chi connectivity index (χ3v) is 3.61. The van der Waals surface area contributed by atoms with Crippen LogP contribution in [0.4, 0.5) is 10.5 Å². The topological polar surface area (TPSA) is 111 Å². The van der Waals surface area contributed by atoms with Crippen molar-refractivity contribution < 1.29 is 17.9 Å². The fourth-order valence-corrected chi connectivity index (χ4v) is 2.44. The Morgan fingerprint density at radius 1 is 1.42 bits per heavy atom. The van der Waals surface area contributed by atoms with Gasteiger partial charge in [-0.15, -0.1) is 0 Å². The number of nitrogens with one attached hydrogen (secondary N) is 2. The van der Waals surface area contributed by atoms with E-state index in [0.717, 1.165) is 0 Å². The highest BCUT2D eigenvalue weighted by Crippen LogP contribution is 2.25. The molecule has 0 saturated heterocycles. The zero-order valence-corrected chi connectivity index (χ0v) is 11.6. The van der Waals surface area contributed by atoms with Crippen LogP contribution in [-0.2, 0) is 10.0 Å². The first-order chi connectivity index (χ1) is 8.90. The van der Waals surface area contributed by atoms with Gasteiger partial charge in [0.25, 0.3) is 10.0 Å². The molecule has 0 radical (unpaired) electrons. The lowest BCUT2D eigenvalue weighted by atomic mass is 10.3. The Bertz CT molecular complexity index is 557. The number of hydrogen-bond donors (Lipinski definition) is 3. The van der Waals surface area contributed by atoms with Gasteiger partial charge in [-0.3, -0.25) is 0 Å². The summed E-state index contributed by atoms with van der Waals surface area (Å²) in [5.41, 5.74) is 5.91. The van der Waals surface area contributed by atoms with Gasteiger partial charge in [0.05, 0.1) is 7.11 Å². The van der Waals surface area contributed by atoms with E-state index in [1.54, 1.807) is 0 Å². The van der Waals surface area contributed by atoms with Crippen LogP contribution < -0.4 is 20.5 Å². The van der Waals surface area contributed by atoms with Gasteiger partial charge in [-0.25, -0.2) is 17.9 Å². The predicted octanol–water partition coefficient (Wildman–Crippen LogP) is 0.675. The highest BCUT2D eigenvalue weighted by Gasteiger charge is 2.21. The van der Waals surface area contributed by atoms with Crippen LogP contribution in [0.3, 0.4) is 0 Å². The van der Waals surface area contributed by atoms with Gasteiger partial charge in [-0.2, -0.15) is 0 Å². The summed E-state index contributed by atoms with van der Waals surface area (Å²) in [5, 5.41) is 2.41. The summed E-state index contributed by atoms with van der Waals surface area (Å²) < 4.78 is 30.9. The van der Waals surface area contributed by atoms with E-state index >= 15 is 0 Å². The summed E-state index contributed by atoms with van der Waals surface area (Å²) in [4.78, 5) is 11.2. The van der Waals surface area contributed by atoms with Crippen LogP contribution in [0.1, 0.15) is 13.3 Å². The summed E-state index contributed by atoms with van der Waals surface area (Å²) in [7, 11) is -2.67. The van der Waals surface area contributed by atoms with Crippen molar-refractivity contribution in [1.29, 1.82) is 0 Å². The van der Waals surface area contributed by atoms with Crippen molar-refractivity contribution in [3.8, 4) is 5.75 Å². The average Bonchev–Trinajstić information content (AvgIpc) is 2.35. The summed E-state index contributed by atoms with van der Waals surface area (Å²) in [6, 6.07) is 3.30. The maximum absolute atomic E-state index is 12.0. The Labute approximate surface area is 112 Å². The zero-order valence-electron chi connectivity index (χ0n) is 10.8. The maximum atomic E-state index is 12.0. The summed E-state index contributed by atoms with van der Waals surface area (Å²) in [6.45, 7) is 2.25. The third kappa shape index (κ3) is 4.02. The highest BCUT2D eigenvalue weighted by atomic mass is 32.2. The molecule has 0 unspecified atom stereocenters. The molecule has 106 valence electrons. The lowest BCUT2D eigenvalue weighted by Gasteiger charge is -2.11. The molecule has 0 atom stereocenters. The molecule has 0 bridgehead atoms. The minimum Gasteiger partial charge on any atom is -0.495 e. The summed E-state index contributed by atoms with van der Waals surface area (Å²) in [6.07, 6.45) is 0.707. The van der Waals surface area contributed by atoms with Crippen molar-refractivity contribution in [3.05, 3.63) is 18.2 Å². The molecular weight excluding hydrogens is 270 g/mol. The number of carbonyl (C=O) groups excluding carboxylic acids is 1. The molecule has 0 aliphatic heterocycles. The van der Waals surface area contributed by atoms with Crippen LogP contribution in [0, 0.1) is 0 Å². The number of methoxy groups -OCH3 is 1. The van der Waals surface area contributed by atoms with Gasteiger partial charge in [0.2, 0.25) is 0 Å². The van der Waals surface area contributed by atoms with Crippen LogP contribution in [0.15, 0.2) is 23.1 Å². The Balaban J connectivity index is 2.97. The Morgan fingerprint density at radius 3 is 2.68 bits per heavy atom. The van der Waals surface area contributed by atoms with E-state index in [9.17, 15) is 13.2 Å². The van der Waals surface area contributed by atoms with Crippen LogP contribution in [0.2, 0.25) is 0 Å². The van der Waals surface area contributed by atoms with Crippen LogP contribution in [0.5, 0.6) is 5.75 Å². The molecule has 2 amide bonds. The zero-order chi connectivity index (χ0) is 14.5. The van der Waals surface area contributed by atoms with Crippen molar-refractivity contribution in [2.75, 3.05) is 19.4 Å². The minimum atomic E-state index is -3.99. The standard InChI is InChI=1S/C11H17N3O4S/c1-3-6-13-11(15)14-19(16,17)10-5-4-8(12)7-9(10)18-2/h4-5,7H,3,6,12H2,1-2H3,(H2,13,14,15). The van der Waals surface area contributed by atoms with Gasteiger partial charge in [-0.05, 0) is 18.6 Å². The normalized spacial score (nSPS) is 10.8. The predicted molar refractivity (Wildman–Crippen MR) is 71.4 cm³/mol. The lowest BCUT2D eigenvalue weighted by Crippen LogP contribution is -2.39.